The van der Waals surface area contributed by atoms with Crippen LogP contribution in [0.5, 0.6) is 0 Å². The predicted molar refractivity (Wildman–Crippen MR) is 181 cm³/mol. The number of hydrogen-bond acceptors (Lipinski definition) is 2. The molecular weight excluding hydrogens is 578 g/mol. The third-order valence-electron chi connectivity index (χ3n) is 9.84. The number of hydrogen-bond donors (Lipinski definition) is 0. The maximum absolute atomic E-state index is 14.1. The van der Waals surface area contributed by atoms with Crippen molar-refractivity contribution in [2.75, 3.05) is 0 Å². The van der Waals surface area contributed by atoms with Crippen molar-refractivity contribution < 1.29 is 18.0 Å². The van der Waals surface area contributed by atoms with Crippen LogP contribution in [0, 0.1) is 6.92 Å². The molecule has 1 unspecified atom stereocenters. The largest absolute Gasteiger partial charge is 0.448 e. The molecule has 2 aliphatic heterocycles. The summed E-state index contributed by atoms with van der Waals surface area (Å²) in [5.41, 5.74) is 12.1. The minimum absolute atomic E-state index is 0.111. The molecule has 47 heavy (non-hydrogen) atoms. The zero-order valence-corrected chi connectivity index (χ0v) is 25.6. The number of fused-ring (bicyclic) bond motifs is 12. The summed E-state index contributed by atoms with van der Waals surface area (Å²) in [5, 5.41) is 2.20. The van der Waals surface area contributed by atoms with Gasteiger partial charge in [-0.25, -0.2) is 4.79 Å². The van der Waals surface area contributed by atoms with E-state index in [1.165, 1.54) is 22.4 Å². The van der Waals surface area contributed by atoms with Crippen LogP contribution in [0.3, 0.4) is 0 Å². The molecule has 0 saturated carbocycles. The highest BCUT2D eigenvalue weighted by atomic mass is 16.4. The van der Waals surface area contributed by atoms with Crippen LogP contribution in [0.25, 0.3) is 67.1 Å². The minimum atomic E-state index is -0.390. The topological polar surface area (TPSA) is 42.1 Å². The molecule has 0 amide bonds. The minimum Gasteiger partial charge on any atom is -0.358 e. The van der Waals surface area contributed by atoms with Gasteiger partial charge in [0.1, 0.15) is 0 Å². The Labute approximate surface area is 270 Å². The maximum Gasteiger partial charge on any atom is 0.448 e. The number of rotatable bonds is 1. The average molecular weight is 607 g/mol. The van der Waals surface area contributed by atoms with E-state index in [0.29, 0.717) is 11.4 Å². The second-order valence-corrected chi connectivity index (χ2v) is 12.5. The number of aromatic nitrogens is 3. The summed E-state index contributed by atoms with van der Waals surface area (Å²) in [6, 6.07) is 44.7. The van der Waals surface area contributed by atoms with Gasteiger partial charge in [-0.1, -0.05) is 72.3 Å². The van der Waals surface area contributed by atoms with E-state index in [1.54, 1.807) is 0 Å². The lowest BCUT2D eigenvalue weighted by Crippen LogP contribution is -2.40. The molecule has 8 aromatic rings. The molecular formula is C42H28N3O2+3. The molecule has 2 bridgehead atoms. The molecule has 4 aromatic carbocycles. The lowest BCUT2D eigenvalue weighted by Gasteiger charge is -2.15. The van der Waals surface area contributed by atoms with Crippen LogP contribution in [-0.4, -0.2) is 0 Å². The van der Waals surface area contributed by atoms with Crippen LogP contribution in [0.15, 0.2) is 155 Å². The highest BCUT2D eigenvalue weighted by molar-refractivity contribution is 5.95. The summed E-state index contributed by atoms with van der Waals surface area (Å²) in [6.45, 7) is 2.08. The molecule has 6 heterocycles. The standard InChI is InChI=1S/C42H28N3O2/c1-26-16-18-27(19-17-26)29-23-36-31-11-4-5-12-32(31)41-39-33(35-15-6-7-21-43(35)41)13-8-14-34(39)40-30-10-3-2-9-28(30)20-22-44(40)38-25-45(36)37(24-29)42(46)47-38/h2-25,41H,1H3/q+3. The van der Waals surface area contributed by atoms with E-state index in [9.17, 15) is 4.79 Å². The molecule has 0 saturated heterocycles. The molecule has 0 aliphatic carbocycles. The van der Waals surface area contributed by atoms with Gasteiger partial charge in [0, 0.05) is 35.9 Å². The molecule has 0 N–H and O–H groups in total. The van der Waals surface area contributed by atoms with E-state index in [1.807, 2.05) is 27.4 Å². The zero-order valence-electron chi connectivity index (χ0n) is 25.6. The van der Waals surface area contributed by atoms with Crippen molar-refractivity contribution in [3.05, 3.63) is 173 Å². The van der Waals surface area contributed by atoms with Crippen molar-refractivity contribution >= 4 is 16.3 Å². The Morgan fingerprint density at radius 2 is 1.45 bits per heavy atom. The van der Waals surface area contributed by atoms with Crippen molar-refractivity contribution in [3.63, 3.8) is 0 Å². The Bertz CT molecular complexity index is 2670. The molecule has 5 heteroatoms. The SMILES string of the molecule is Cc1ccc(-c2cc3[n+]4cc(oc(=O)c4c2)-[n+]2ccc4ccccc4c2-c2cccc4c2C(c2ccccc2-3)[n+]2ccccc2-4)cc1. The first kappa shape index (κ1) is 26.1. The Morgan fingerprint density at radius 1 is 0.660 bits per heavy atom. The Morgan fingerprint density at radius 3 is 2.36 bits per heavy atom. The third kappa shape index (κ3) is 3.71. The second kappa shape index (κ2) is 9.65. The van der Waals surface area contributed by atoms with E-state index < -0.39 is 5.63 Å². The fourth-order valence-electron chi connectivity index (χ4n) is 7.71. The van der Waals surface area contributed by atoms with Gasteiger partial charge in [-0.2, -0.15) is 4.57 Å². The van der Waals surface area contributed by atoms with Gasteiger partial charge in [0.2, 0.25) is 23.1 Å². The van der Waals surface area contributed by atoms with Gasteiger partial charge in [-0.15, -0.1) is 8.97 Å². The first-order chi connectivity index (χ1) is 23.1. The number of aryl methyl sites for hydroxylation is 1. The summed E-state index contributed by atoms with van der Waals surface area (Å²) in [5.74, 6) is 0.453. The van der Waals surface area contributed by atoms with Crippen molar-refractivity contribution in [1.82, 2.24) is 0 Å². The normalized spacial score (nSPS) is 13.9. The van der Waals surface area contributed by atoms with Crippen LogP contribution in [-0.2, 0) is 0 Å². The van der Waals surface area contributed by atoms with Gasteiger partial charge in [0.15, 0.2) is 12.4 Å². The lowest BCUT2D eigenvalue weighted by atomic mass is 9.87. The first-order valence-electron chi connectivity index (χ1n) is 15.9. The van der Waals surface area contributed by atoms with Crippen molar-refractivity contribution in [2.45, 2.75) is 13.0 Å². The highest BCUT2D eigenvalue weighted by Gasteiger charge is 2.44. The van der Waals surface area contributed by atoms with Gasteiger partial charge in [0.05, 0.1) is 27.6 Å². The fraction of sp³-hybridized carbons (Fsp3) is 0.0476. The van der Waals surface area contributed by atoms with Gasteiger partial charge < -0.3 is 4.42 Å². The summed E-state index contributed by atoms with van der Waals surface area (Å²) < 4.78 is 12.7. The second-order valence-electron chi connectivity index (χ2n) is 12.5. The van der Waals surface area contributed by atoms with Crippen LogP contribution < -0.4 is 19.2 Å². The molecule has 5 nitrogen and oxygen atoms in total. The quantitative estimate of drug-likeness (QED) is 0.184. The van der Waals surface area contributed by atoms with E-state index in [4.69, 9.17) is 4.42 Å². The van der Waals surface area contributed by atoms with E-state index in [-0.39, 0.29) is 6.04 Å². The number of nitrogens with zero attached hydrogens (tertiary/aromatic N) is 3. The summed E-state index contributed by atoms with van der Waals surface area (Å²) in [7, 11) is 0. The van der Waals surface area contributed by atoms with Crippen molar-refractivity contribution in [3.8, 4) is 50.8 Å². The Balaban J connectivity index is 1.43. The molecule has 10 rings (SSSR count). The summed E-state index contributed by atoms with van der Waals surface area (Å²) >= 11 is 0. The van der Waals surface area contributed by atoms with Gasteiger partial charge in [0.25, 0.3) is 11.7 Å². The van der Waals surface area contributed by atoms with Crippen molar-refractivity contribution in [1.29, 1.82) is 0 Å². The van der Waals surface area contributed by atoms with Crippen LogP contribution >= 0.6 is 0 Å². The monoisotopic (exact) mass is 606 g/mol. The number of pyridine rings is 3. The smallest absolute Gasteiger partial charge is 0.358 e. The molecule has 0 spiro atoms. The summed E-state index contributed by atoms with van der Waals surface area (Å²) in [4.78, 5) is 14.1. The Kier molecular flexibility index (Phi) is 5.35. The van der Waals surface area contributed by atoms with Crippen LogP contribution in [0.1, 0.15) is 22.7 Å². The van der Waals surface area contributed by atoms with E-state index in [0.717, 1.165) is 50.0 Å². The Hall–Kier alpha value is -6.20. The first-order valence-corrected chi connectivity index (χ1v) is 15.9. The highest BCUT2D eigenvalue weighted by Crippen LogP contribution is 2.45. The zero-order chi connectivity index (χ0) is 31.2. The van der Waals surface area contributed by atoms with Gasteiger partial charge in [-0.3, -0.25) is 0 Å². The van der Waals surface area contributed by atoms with E-state index in [2.05, 4.69) is 139 Å². The molecule has 220 valence electrons. The van der Waals surface area contributed by atoms with Crippen LogP contribution in [0.2, 0.25) is 0 Å². The predicted octanol–water partition coefficient (Wildman–Crippen LogP) is 7.34. The molecule has 1 atom stereocenters. The van der Waals surface area contributed by atoms with Gasteiger partial charge in [-0.05, 0) is 53.8 Å². The third-order valence-corrected chi connectivity index (χ3v) is 9.84. The lowest BCUT2D eigenvalue weighted by molar-refractivity contribution is -0.688. The molecule has 4 aromatic heterocycles. The molecule has 2 aliphatic rings. The maximum atomic E-state index is 14.1. The van der Waals surface area contributed by atoms with Gasteiger partial charge >= 0.3 is 11.5 Å². The average Bonchev–Trinajstić information content (AvgIpc) is 3.45. The number of benzene rings is 4. The van der Waals surface area contributed by atoms with E-state index >= 15 is 0 Å². The van der Waals surface area contributed by atoms with Crippen LogP contribution in [0.4, 0.5) is 0 Å². The van der Waals surface area contributed by atoms with Crippen molar-refractivity contribution in [2.24, 2.45) is 0 Å². The molecule has 0 radical (unpaired) electrons. The summed E-state index contributed by atoms with van der Waals surface area (Å²) in [6.07, 6.45) is 6.18. The fourth-order valence-corrected chi connectivity index (χ4v) is 7.71. The molecule has 0 fully saturated rings.